The van der Waals surface area contributed by atoms with Crippen LogP contribution in [0, 0.1) is 11.8 Å². The number of carbonyl (C=O) groups is 3. The lowest BCUT2D eigenvalue weighted by atomic mass is 9.86. The molecule has 2 unspecified atom stereocenters. The third-order valence-corrected chi connectivity index (χ3v) is 5.75. The second-order valence-electron chi connectivity index (χ2n) is 7.39. The van der Waals surface area contributed by atoms with Crippen LogP contribution in [0.15, 0.2) is 0 Å². The fourth-order valence-electron chi connectivity index (χ4n) is 4.33. The molecule has 1 saturated carbocycles. The molecule has 0 aromatic rings. The molecule has 1 N–H and O–H groups in total. The van der Waals surface area contributed by atoms with Crippen LogP contribution in [0.5, 0.6) is 0 Å². The van der Waals surface area contributed by atoms with Crippen LogP contribution >= 0.6 is 0 Å². The summed E-state index contributed by atoms with van der Waals surface area (Å²) in [5, 5.41) is 9.24. The van der Waals surface area contributed by atoms with Gasteiger partial charge in [-0.25, -0.2) is 4.79 Å². The molecule has 0 aromatic heterocycles. The van der Waals surface area contributed by atoms with E-state index in [-0.39, 0.29) is 30.2 Å². The van der Waals surface area contributed by atoms with Gasteiger partial charge in [0.05, 0.1) is 5.92 Å². The fourth-order valence-corrected chi connectivity index (χ4v) is 4.33. The monoisotopic (exact) mass is 322 g/mol. The van der Waals surface area contributed by atoms with Gasteiger partial charge in [0.15, 0.2) is 0 Å². The van der Waals surface area contributed by atoms with Crippen molar-refractivity contribution in [3.8, 4) is 0 Å². The quantitative estimate of drug-likeness (QED) is 0.854. The topological polar surface area (TPSA) is 77.9 Å². The smallest absolute Gasteiger partial charge is 0.326 e. The van der Waals surface area contributed by atoms with Crippen LogP contribution in [0.3, 0.4) is 0 Å². The summed E-state index contributed by atoms with van der Waals surface area (Å²) in [6.07, 6.45) is 5.82. The van der Waals surface area contributed by atoms with Crippen molar-refractivity contribution < 1.29 is 19.5 Å². The highest BCUT2D eigenvalue weighted by Gasteiger charge is 2.43. The predicted molar refractivity (Wildman–Crippen MR) is 83.6 cm³/mol. The number of nitrogens with zero attached hydrogens (tertiary/aromatic N) is 2. The van der Waals surface area contributed by atoms with Crippen LogP contribution in [-0.4, -0.2) is 57.9 Å². The molecule has 0 spiro atoms. The van der Waals surface area contributed by atoms with Gasteiger partial charge in [-0.1, -0.05) is 6.92 Å². The lowest BCUT2D eigenvalue weighted by molar-refractivity contribution is -0.149. The van der Waals surface area contributed by atoms with Crippen molar-refractivity contribution in [3.05, 3.63) is 0 Å². The van der Waals surface area contributed by atoms with E-state index in [9.17, 15) is 19.5 Å². The predicted octanol–water partition coefficient (Wildman–Crippen LogP) is 1.49. The Morgan fingerprint density at radius 3 is 2.48 bits per heavy atom. The molecule has 6 heteroatoms. The highest BCUT2D eigenvalue weighted by Crippen LogP contribution is 2.32. The van der Waals surface area contributed by atoms with E-state index in [1.807, 2.05) is 4.90 Å². The number of likely N-dealkylation sites (tertiary alicyclic amines) is 2. The summed E-state index contributed by atoms with van der Waals surface area (Å²) in [6.45, 7) is 3.22. The van der Waals surface area contributed by atoms with E-state index in [2.05, 4.69) is 6.92 Å². The van der Waals surface area contributed by atoms with Crippen molar-refractivity contribution in [1.29, 1.82) is 0 Å². The van der Waals surface area contributed by atoms with Gasteiger partial charge in [-0.05, 0) is 44.4 Å². The first kappa shape index (κ1) is 16.3. The molecule has 0 radical (unpaired) electrons. The number of rotatable bonds is 3. The van der Waals surface area contributed by atoms with Crippen molar-refractivity contribution in [3.63, 3.8) is 0 Å². The molecule has 3 rings (SSSR count). The number of carbonyl (C=O) groups excluding carboxylic acids is 2. The van der Waals surface area contributed by atoms with Gasteiger partial charge in [0, 0.05) is 25.6 Å². The molecule has 6 nitrogen and oxygen atoms in total. The molecular weight excluding hydrogens is 296 g/mol. The molecule has 23 heavy (non-hydrogen) atoms. The van der Waals surface area contributed by atoms with Crippen LogP contribution in [0.2, 0.25) is 0 Å². The highest BCUT2D eigenvalue weighted by molar-refractivity contribution is 5.91. The van der Waals surface area contributed by atoms with Gasteiger partial charge in [0.1, 0.15) is 6.04 Å². The van der Waals surface area contributed by atoms with Crippen molar-refractivity contribution in [2.75, 3.05) is 13.1 Å². The van der Waals surface area contributed by atoms with Gasteiger partial charge in [-0.2, -0.15) is 0 Å². The Morgan fingerprint density at radius 1 is 1.13 bits per heavy atom. The van der Waals surface area contributed by atoms with E-state index < -0.39 is 12.0 Å². The van der Waals surface area contributed by atoms with Gasteiger partial charge in [0.2, 0.25) is 11.8 Å². The average molecular weight is 322 g/mol. The molecule has 0 aromatic carbocycles. The average Bonchev–Trinajstić information content (AvgIpc) is 3.14. The van der Waals surface area contributed by atoms with E-state index in [1.165, 1.54) is 4.90 Å². The largest absolute Gasteiger partial charge is 0.480 e. The Kier molecular flexibility index (Phi) is 4.60. The summed E-state index contributed by atoms with van der Waals surface area (Å²) >= 11 is 0. The fraction of sp³-hybridized carbons (Fsp3) is 0.824. The minimum atomic E-state index is -0.932. The van der Waals surface area contributed by atoms with Gasteiger partial charge < -0.3 is 14.9 Å². The summed E-state index contributed by atoms with van der Waals surface area (Å²) < 4.78 is 0. The number of carboxylic acids is 1. The zero-order chi connectivity index (χ0) is 16.6. The Bertz CT molecular complexity index is 499. The maximum absolute atomic E-state index is 12.7. The summed E-state index contributed by atoms with van der Waals surface area (Å²) in [7, 11) is 0. The molecule has 2 aliphatic heterocycles. The van der Waals surface area contributed by atoms with Crippen LogP contribution in [0.4, 0.5) is 0 Å². The molecule has 2 amide bonds. The van der Waals surface area contributed by atoms with E-state index in [1.54, 1.807) is 0 Å². The van der Waals surface area contributed by atoms with Crippen LogP contribution in [-0.2, 0) is 14.4 Å². The number of carboxylic acid groups (broad SMARTS) is 1. The van der Waals surface area contributed by atoms with Gasteiger partial charge in [-0.15, -0.1) is 0 Å². The molecule has 128 valence electrons. The molecule has 0 bridgehead atoms. The SMILES string of the molecule is CC1CCC(N2CC(C(=O)N3CCCC3C(=O)O)CC2=O)CC1. The molecule has 2 heterocycles. The zero-order valence-electron chi connectivity index (χ0n) is 13.7. The van der Waals surface area contributed by atoms with Crippen LogP contribution in [0.1, 0.15) is 51.9 Å². The first-order chi connectivity index (χ1) is 11.0. The number of aliphatic carboxylic acids is 1. The second kappa shape index (κ2) is 6.49. The van der Waals surface area contributed by atoms with E-state index in [0.29, 0.717) is 19.5 Å². The molecule has 2 saturated heterocycles. The van der Waals surface area contributed by atoms with Crippen molar-refractivity contribution in [2.24, 2.45) is 11.8 Å². The van der Waals surface area contributed by atoms with Crippen molar-refractivity contribution >= 4 is 17.8 Å². The number of hydrogen-bond acceptors (Lipinski definition) is 3. The lowest BCUT2D eigenvalue weighted by Crippen LogP contribution is -2.45. The maximum Gasteiger partial charge on any atom is 0.326 e. The normalized spacial score (nSPS) is 34.9. The first-order valence-electron chi connectivity index (χ1n) is 8.80. The molecule has 1 aliphatic carbocycles. The van der Waals surface area contributed by atoms with Crippen LogP contribution in [0.25, 0.3) is 0 Å². The minimum Gasteiger partial charge on any atom is -0.480 e. The van der Waals surface area contributed by atoms with Crippen molar-refractivity contribution in [1.82, 2.24) is 9.80 Å². The number of hydrogen-bond donors (Lipinski definition) is 1. The van der Waals surface area contributed by atoms with Crippen LogP contribution < -0.4 is 0 Å². The Balaban J connectivity index is 1.63. The second-order valence-corrected chi connectivity index (χ2v) is 7.39. The minimum absolute atomic E-state index is 0.0639. The van der Waals surface area contributed by atoms with Gasteiger partial charge in [-0.3, -0.25) is 9.59 Å². The summed E-state index contributed by atoms with van der Waals surface area (Å²) in [5.74, 6) is -0.647. The summed E-state index contributed by atoms with van der Waals surface area (Å²) in [4.78, 5) is 39.6. The highest BCUT2D eigenvalue weighted by atomic mass is 16.4. The van der Waals surface area contributed by atoms with E-state index >= 15 is 0 Å². The van der Waals surface area contributed by atoms with E-state index in [4.69, 9.17) is 0 Å². The van der Waals surface area contributed by atoms with Crippen molar-refractivity contribution in [2.45, 2.75) is 64.0 Å². The maximum atomic E-state index is 12.7. The third kappa shape index (κ3) is 3.21. The van der Waals surface area contributed by atoms with Gasteiger partial charge >= 0.3 is 5.97 Å². The first-order valence-corrected chi connectivity index (χ1v) is 8.80. The Labute approximate surface area is 136 Å². The molecule has 3 aliphatic rings. The van der Waals surface area contributed by atoms with Gasteiger partial charge in [0.25, 0.3) is 0 Å². The molecule has 3 fully saturated rings. The number of amides is 2. The Morgan fingerprint density at radius 2 is 1.83 bits per heavy atom. The Hall–Kier alpha value is -1.59. The lowest BCUT2D eigenvalue weighted by Gasteiger charge is -2.34. The van der Waals surface area contributed by atoms with E-state index in [0.717, 1.165) is 38.0 Å². The molecule has 2 atom stereocenters. The summed E-state index contributed by atoms with van der Waals surface area (Å²) in [5.41, 5.74) is 0. The third-order valence-electron chi connectivity index (χ3n) is 5.75. The molecular formula is C17H26N2O4. The summed E-state index contributed by atoms with van der Waals surface area (Å²) in [6, 6.07) is -0.437. The zero-order valence-corrected chi connectivity index (χ0v) is 13.7. The standard InChI is InChI=1S/C17H26N2O4/c1-11-4-6-13(7-5-11)19-10-12(9-15(19)20)16(21)18-8-2-3-14(18)17(22)23/h11-14H,2-10H2,1H3,(H,22,23).